The number of rotatable bonds is 0. The van der Waals surface area contributed by atoms with Crippen molar-refractivity contribution >= 4 is 6.08 Å². The summed E-state index contributed by atoms with van der Waals surface area (Å²) in [7, 11) is 0. The summed E-state index contributed by atoms with van der Waals surface area (Å²) in [6.07, 6.45) is 9.25. The summed E-state index contributed by atoms with van der Waals surface area (Å²) in [4.78, 5) is 8.23. The first kappa shape index (κ1) is 8.42. The normalized spacial score (nSPS) is 26.6. The Balaban J connectivity index is 0.000000308. The minimum atomic E-state index is 0.746. The van der Waals surface area contributed by atoms with Gasteiger partial charge in [0.25, 0.3) is 0 Å². The van der Waals surface area contributed by atoms with Crippen LogP contribution in [0.15, 0.2) is 18.6 Å². The van der Waals surface area contributed by atoms with Gasteiger partial charge >= 0.3 is 0 Å². The van der Waals surface area contributed by atoms with Gasteiger partial charge in [0.1, 0.15) is 6.33 Å². The van der Waals surface area contributed by atoms with Crippen LogP contribution < -0.4 is 0 Å². The van der Waals surface area contributed by atoms with Gasteiger partial charge in [0.15, 0.2) is 0 Å². The number of hydrogen-bond acceptors (Lipinski definition) is 2. The number of nitrogens with zero attached hydrogens (tertiary/aromatic N) is 2. The van der Waals surface area contributed by atoms with Crippen LogP contribution in [0.1, 0.15) is 37.4 Å². The van der Waals surface area contributed by atoms with Gasteiger partial charge in [-0.15, -0.1) is 0 Å². The molecule has 2 heteroatoms. The van der Waals surface area contributed by atoms with E-state index in [4.69, 9.17) is 0 Å². The minimum Gasteiger partial charge on any atom is -0.244 e. The van der Waals surface area contributed by atoms with Gasteiger partial charge in [0.2, 0.25) is 0 Å². The zero-order chi connectivity index (χ0) is 9.26. The number of hydrogen-bond donors (Lipinski definition) is 0. The SMILES string of the molecule is C1=C[C@@H]2CC2c2cncnc21.CC. The monoisotopic (exact) mass is 174 g/mol. The molecule has 0 amide bonds. The molecule has 1 aromatic heterocycles. The highest BCUT2D eigenvalue weighted by Crippen LogP contribution is 2.51. The van der Waals surface area contributed by atoms with E-state index in [1.165, 1.54) is 12.0 Å². The van der Waals surface area contributed by atoms with Crippen molar-refractivity contribution in [2.45, 2.75) is 26.2 Å². The van der Waals surface area contributed by atoms with E-state index in [1.807, 2.05) is 20.0 Å². The van der Waals surface area contributed by atoms with Crippen LogP contribution in [0.4, 0.5) is 0 Å². The molecular formula is C11H14N2. The van der Waals surface area contributed by atoms with E-state index in [1.54, 1.807) is 6.33 Å². The number of aromatic nitrogens is 2. The highest BCUT2D eigenvalue weighted by Gasteiger charge is 2.39. The maximum Gasteiger partial charge on any atom is 0.116 e. The lowest BCUT2D eigenvalue weighted by molar-refractivity contribution is 0.948. The molecule has 0 radical (unpaired) electrons. The van der Waals surface area contributed by atoms with Crippen molar-refractivity contribution in [3.63, 3.8) is 0 Å². The minimum absolute atomic E-state index is 0.746. The van der Waals surface area contributed by atoms with Crippen molar-refractivity contribution < 1.29 is 0 Å². The summed E-state index contributed by atoms with van der Waals surface area (Å²) in [6.45, 7) is 4.00. The van der Waals surface area contributed by atoms with Crippen molar-refractivity contribution in [1.29, 1.82) is 0 Å². The average Bonchev–Trinajstić information content (AvgIpc) is 3.00. The third-order valence-corrected chi connectivity index (χ3v) is 2.51. The molecule has 1 saturated carbocycles. The van der Waals surface area contributed by atoms with Crippen LogP contribution in [-0.2, 0) is 0 Å². The zero-order valence-corrected chi connectivity index (χ0v) is 8.07. The molecule has 2 aliphatic carbocycles. The Hall–Kier alpha value is -1.18. The molecule has 2 nitrogen and oxygen atoms in total. The summed E-state index contributed by atoms with van der Waals surface area (Å²) >= 11 is 0. The van der Waals surface area contributed by atoms with E-state index in [0.717, 1.165) is 17.5 Å². The van der Waals surface area contributed by atoms with Crippen molar-refractivity contribution in [2.24, 2.45) is 5.92 Å². The standard InChI is InChI=1S/C9H8N2.C2H6/c1-2-9-8(4-10-5-11-9)7-3-6(1)7;1-2/h1-2,4-7H,3H2;1-2H3/t6-,7?;/m1./s1. The molecule has 2 atom stereocenters. The molecule has 0 bridgehead atoms. The summed E-state index contributed by atoms with van der Waals surface area (Å²) in [5.41, 5.74) is 2.47. The summed E-state index contributed by atoms with van der Waals surface area (Å²) in [5, 5.41) is 0. The molecule has 1 heterocycles. The van der Waals surface area contributed by atoms with Gasteiger partial charge in [0.05, 0.1) is 5.69 Å². The van der Waals surface area contributed by atoms with Crippen LogP contribution in [-0.4, -0.2) is 9.97 Å². The van der Waals surface area contributed by atoms with E-state index >= 15 is 0 Å². The fourth-order valence-corrected chi connectivity index (χ4v) is 1.77. The highest BCUT2D eigenvalue weighted by molar-refractivity contribution is 5.56. The Bertz CT molecular complexity index is 331. The average molecular weight is 174 g/mol. The van der Waals surface area contributed by atoms with E-state index in [9.17, 15) is 0 Å². The molecule has 1 fully saturated rings. The summed E-state index contributed by atoms with van der Waals surface area (Å²) in [5.74, 6) is 1.55. The van der Waals surface area contributed by atoms with Gasteiger partial charge < -0.3 is 0 Å². The van der Waals surface area contributed by atoms with Crippen LogP contribution >= 0.6 is 0 Å². The first-order valence-corrected chi connectivity index (χ1v) is 4.93. The molecule has 2 aliphatic rings. The smallest absolute Gasteiger partial charge is 0.116 e. The Morgan fingerprint density at radius 3 is 3.08 bits per heavy atom. The van der Waals surface area contributed by atoms with Gasteiger partial charge in [0, 0.05) is 6.20 Å². The van der Waals surface area contributed by atoms with Crippen molar-refractivity contribution in [1.82, 2.24) is 9.97 Å². The highest BCUT2D eigenvalue weighted by atomic mass is 14.8. The molecule has 68 valence electrons. The van der Waals surface area contributed by atoms with Crippen molar-refractivity contribution in [3.05, 3.63) is 29.9 Å². The molecule has 3 rings (SSSR count). The fourth-order valence-electron chi connectivity index (χ4n) is 1.77. The van der Waals surface area contributed by atoms with Gasteiger partial charge in [-0.1, -0.05) is 19.9 Å². The largest absolute Gasteiger partial charge is 0.244 e. The van der Waals surface area contributed by atoms with Gasteiger partial charge in [-0.05, 0) is 29.9 Å². The fraction of sp³-hybridized carbons (Fsp3) is 0.455. The number of fused-ring (bicyclic) bond motifs is 3. The zero-order valence-electron chi connectivity index (χ0n) is 8.07. The first-order chi connectivity index (χ1) is 6.45. The second-order valence-corrected chi connectivity index (χ2v) is 3.23. The van der Waals surface area contributed by atoms with E-state index in [2.05, 4.69) is 22.1 Å². The molecule has 0 N–H and O–H groups in total. The van der Waals surface area contributed by atoms with Gasteiger partial charge in [-0.2, -0.15) is 0 Å². The molecule has 0 saturated heterocycles. The quantitative estimate of drug-likeness (QED) is 0.604. The number of allylic oxidation sites excluding steroid dienone is 1. The molecule has 0 aliphatic heterocycles. The predicted molar refractivity (Wildman–Crippen MR) is 53.3 cm³/mol. The van der Waals surface area contributed by atoms with Crippen LogP contribution in [0, 0.1) is 5.92 Å². The summed E-state index contributed by atoms with van der Waals surface area (Å²) in [6, 6.07) is 0. The maximum atomic E-state index is 4.20. The second kappa shape index (κ2) is 3.29. The third kappa shape index (κ3) is 1.37. The molecule has 0 spiro atoms. The maximum absolute atomic E-state index is 4.20. The van der Waals surface area contributed by atoms with Gasteiger partial charge in [-0.25, -0.2) is 9.97 Å². The van der Waals surface area contributed by atoms with E-state index < -0.39 is 0 Å². The molecule has 1 unspecified atom stereocenters. The van der Waals surface area contributed by atoms with Crippen molar-refractivity contribution in [3.8, 4) is 0 Å². The Kier molecular flexibility index (Phi) is 2.13. The van der Waals surface area contributed by atoms with Crippen molar-refractivity contribution in [2.75, 3.05) is 0 Å². The van der Waals surface area contributed by atoms with Crippen LogP contribution in [0.5, 0.6) is 0 Å². The Morgan fingerprint density at radius 1 is 1.38 bits per heavy atom. The van der Waals surface area contributed by atoms with E-state index in [-0.39, 0.29) is 0 Å². The van der Waals surface area contributed by atoms with Crippen LogP contribution in [0.3, 0.4) is 0 Å². The Labute approximate surface area is 78.7 Å². The van der Waals surface area contributed by atoms with Gasteiger partial charge in [-0.3, -0.25) is 0 Å². The molecular weight excluding hydrogens is 160 g/mol. The third-order valence-electron chi connectivity index (χ3n) is 2.51. The molecule has 0 aromatic carbocycles. The molecule has 1 aromatic rings. The lowest BCUT2D eigenvalue weighted by Crippen LogP contribution is -1.95. The topological polar surface area (TPSA) is 25.8 Å². The lowest BCUT2D eigenvalue weighted by atomic mass is 10.0. The first-order valence-electron chi connectivity index (χ1n) is 4.93. The van der Waals surface area contributed by atoms with Crippen LogP contribution in [0.2, 0.25) is 0 Å². The second-order valence-electron chi connectivity index (χ2n) is 3.23. The van der Waals surface area contributed by atoms with Crippen LogP contribution in [0.25, 0.3) is 6.08 Å². The van der Waals surface area contributed by atoms with E-state index in [0.29, 0.717) is 0 Å². The molecule has 13 heavy (non-hydrogen) atoms. The summed E-state index contributed by atoms with van der Waals surface area (Å²) < 4.78 is 0. The lowest BCUT2D eigenvalue weighted by Gasteiger charge is -2.05. The Morgan fingerprint density at radius 2 is 2.23 bits per heavy atom. The predicted octanol–water partition coefficient (Wildman–Crippen LogP) is 2.63.